The van der Waals surface area contributed by atoms with E-state index in [2.05, 4.69) is 24.1 Å². The SMILES string of the molecule is COCCN(C1CC1)N(C)C. The van der Waals surface area contributed by atoms with Crippen molar-refractivity contribution in [1.29, 1.82) is 0 Å². The van der Waals surface area contributed by atoms with Crippen molar-refractivity contribution < 1.29 is 4.74 Å². The van der Waals surface area contributed by atoms with Gasteiger partial charge in [-0.3, -0.25) is 0 Å². The van der Waals surface area contributed by atoms with Crippen molar-refractivity contribution >= 4 is 0 Å². The highest BCUT2D eigenvalue weighted by atomic mass is 16.5. The van der Waals surface area contributed by atoms with Crippen molar-refractivity contribution in [3.8, 4) is 0 Å². The molecule has 0 unspecified atom stereocenters. The molecule has 66 valence electrons. The number of hydrogen-bond acceptors (Lipinski definition) is 3. The molecule has 0 aromatic heterocycles. The van der Waals surface area contributed by atoms with Gasteiger partial charge in [0.1, 0.15) is 0 Å². The van der Waals surface area contributed by atoms with E-state index in [0.29, 0.717) is 0 Å². The maximum absolute atomic E-state index is 5.03. The molecule has 11 heavy (non-hydrogen) atoms. The van der Waals surface area contributed by atoms with Gasteiger partial charge in [0.2, 0.25) is 0 Å². The van der Waals surface area contributed by atoms with Crippen LogP contribution in [0.4, 0.5) is 0 Å². The summed E-state index contributed by atoms with van der Waals surface area (Å²) < 4.78 is 5.03. The first-order chi connectivity index (χ1) is 5.25. The van der Waals surface area contributed by atoms with Gasteiger partial charge in [0.15, 0.2) is 0 Å². The molecule has 3 heteroatoms. The summed E-state index contributed by atoms with van der Waals surface area (Å²) in [7, 11) is 5.93. The number of ether oxygens (including phenoxy) is 1. The third-order valence-electron chi connectivity index (χ3n) is 2.01. The average molecular weight is 158 g/mol. The fourth-order valence-corrected chi connectivity index (χ4v) is 1.27. The van der Waals surface area contributed by atoms with Gasteiger partial charge in [-0.25, -0.2) is 10.0 Å². The van der Waals surface area contributed by atoms with Crippen LogP contribution in [0.25, 0.3) is 0 Å². The van der Waals surface area contributed by atoms with E-state index >= 15 is 0 Å². The molecule has 0 N–H and O–H groups in total. The summed E-state index contributed by atoms with van der Waals surface area (Å²) in [4.78, 5) is 0. The van der Waals surface area contributed by atoms with Gasteiger partial charge < -0.3 is 4.74 Å². The summed E-state index contributed by atoms with van der Waals surface area (Å²) in [5, 5.41) is 4.53. The second-order valence-corrected chi connectivity index (χ2v) is 3.23. The zero-order valence-electron chi connectivity index (χ0n) is 7.71. The first-order valence-electron chi connectivity index (χ1n) is 4.18. The fraction of sp³-hybridized carbons (Fsp3) is 1.00. The van der Waals surface area contributed by atoms with E-state index in [0.717, 1.165) is 19.2 Å². The third kappa shape index (κ3) is 2.77. The Morgan fingerprint density at radius 1 is 1.36 bits per heavy atom. The Bertz CT molecular complexity index is 111. The number of nitrogens with zero attached hydrogens (tertiary/aromatic N) is 2. The predicted octanol–water partition coefficient (Wildman–Crippen LogP) is 0.574. The largest absolute Gasteiger partial charge is 0.383 e. The van der Waals surface area contributed by atoms with Crippen LogP contribution >= 0.6 is 0 Å². The van der Waals surface area contributed by atoms with Crippen LogP contribution in [-0.4, -0.2) is 50.4 Å². The lowest BCUT2D eigenvalue weighted by Crippen LogP contribution is -2.40. The fourth-order valence-electron chi connectivity index (χ4n) is 1.27. The Morgan fingerprint density at radius 3 is 2.36 bits per heavy atom. The Kier molecular flexibility index (Phi) is 3.30. The molecule has 0 radical (unpaired) electrons. The molecule has 0 amide bonds. The lowest BCUT2D eigenvalue weighted by Gasteiger charge is -2.28. The summed E-state index contributed by atoms with van der Waals surface area (Å²) in [6.07, 6.45) is 2.70. The van der Waals surface area contributed by atoms with Crippen molar-refractivity contribution in [2.24, 2.45) is 0 Å². The van der Waals surface area contributed by atoms with E-state index in [-0.39, 0.29) is 0 Å². The molecule has 1 fully saturated rings. The third-order valence-corrected chi connectivity index (χ3v) is 2.01. The zero-order chi connectivity index (χ0) is 8.27. The highest BCUT2D eigenvalue weighted by Gasteiger charge is 2.29. The van der Waals surface area contributed by atoms with Gasteiger partial charge >= 0.3 is 0 Å². The highest BCUT2D eigenvalue weighted by Crippen LogP contribution is 2.26. The van der Waals surface area contributed by atoms with Crippen molar-refractivity contribution in [3.05, 3.63) is 0 Å². The van der Waals surface area contributed by atoms with Crippen molar-refractivity contribution in [2.75, 3.05) is 34.4 Å². The Morgan fingerprint density at radius 2 is 2.00 bits per heavy atom. The number of rotatable bonds is 5. The zero-order valence-corrected chi connectivity index (χ0v) is 7.71. The molecule has 3 nitrogen and oxygen atoms in total. The van der Waals surface area contributed by atoms with E-state index in [1.807, 2.05) is 0 Å². The first kappa shape index (κ1) is 8.97. The molecule has 0 saturated heterocycles. The van der Waals surface area contributed by atoms with Crippen LogP contribution in [0.5, 0.6) is 0 Å². The smallest absolute Gasteiger partial charge is 0.0603 e. The highest BCUT2D eigenvalue weighted by molar-refractivity contribution is 4.82. The summed E-state index contributed by atoms with van der Waals surface area (Å²) in [6.45, 7) is 1.85. The molecule has 0 aromatic carbocycles. The molecular weight excluding hydrogens is 140 g/mol. The normalized spacial score (nSPS) is 18.3. The molecule has 0 heterocycles. The Labute approximate surface area is 68.9 Å². The van der Waals surface area contributed by atoms with E-state index < -0.39 is 0 Å². The second-order valence-electron chi connectivity index (χ2n) is 3.23. The summed E-state index contributed by atoms with van der Waals surface area (Å²) in [5.41, 5.74) is 0. The quantitative estimate of drug-likeness (QED) is 0.544. The Balaban J connectivity index is 2.21. The number of hydrazine groups is 1. The van der Waals surface area contributed by atoms with E-state index in [1.54, 1.807) is 7.11 Å². The van der Waals surface area contributed by atoms with Crippen LogP contribution in [0.1, 0.15) is 12.8 Å². The lowest BCUT2D eigenvalue weighted by atomic mass is 10.5. The minimum absolute atomic E-state index is 0.792. The van der Waals surface area contributed by atoms with E-state index in [9.17, 15) is 0 Å². The van der Waals surface area contributed by atoms with Crippen LogP contribution in [0.2, 0.25) is 0 Å². The van der Waals surface area contributed by atoms with Gasteiger partial charge in [0.25, 0.3) is 0 Å². The van der Waals surface area contributed by atoms with Crippen LogP contribution in [0, 0.1) is 0 Å². The molecule has 1 rings (SSSR count). The first-order valence-corrected chi connectivity index (χ1v) is 4.18. The molecule has 1 saturated carbocycles. The number of hydrogen-bond donors (Lipinski definition) is 0. The summed E-state index contributed by atoms with van der Waals surface area (Å²) in [5.74, 6) is 0. The minimum atomic E-state index is 0.792. The molecule has 0 atom stereocenters. The van der Waals surface area contributed by atoms with Gasteiger partial charge in [-0.15, -0.1) is 0 Å². The van der Waals surface area contributed by atoms with Gasteiger partial charge in [0.05, 0.1) is 6.61 Å². The summed E-state index contributed by atoms with van der Waals surface area (Å²) >= 11 is 0. The van der Waals surface area contributed by atoms with Gasteiger partial charge in [-0.1, -0.05) is 0 Å². The molecule has 1 aliphatic carbocycles. The molecule has 1 aliphatic rings. The van der Waals surface area contributed by atoms with E-state index in [1.165, 1.54) is 12.8 Å². The maximum atomic E-state index is 5.03. The molecule has 0 bridgehead atoms. The van der Waals surface area contributed by atoms with Gasteiger partial charge in [-0.2, -0.15) is 0 Å². The average Bonchev–Trinajstić information content (AvgIpc) is 2.71. The van der Waals surface area contributed by atoms with Gasteiger partial charge in [-0.05, 0) is 12.8 Å². The maximum Gasteiger partial charge on any atom is 0.0603 e. The van der Waals surface area contributed by atoms with Crippen molar-refractivity contribution in [2.45, 2.75) is 18.9 Å². The molecule has 0 aromatic rings. The van der Waals surface area contributed by atoms with Gasteiger partial charge in [0, 0.05) is 33.8 Å². The van der Waals surface area contributed by atoms with E-state index in [4.69, 9.17) is 4.74 Å². The Hall–Kier alpha value is -0.120. The summed E-state index contributed by atoms with van der Waals surface area (Å²) in [6, 6.07) is 0.792. The van der Waals surface area contributed by atoms with Crippen LogP contribution in [0.15, 0.2) is 0 Å². The number of methoxy groups -OCH3 is 1. The van der Waals surface area contributed by atoms with Crippen LogP contribution in [-0.2, 0) is 4.74 Å². The monoisotopic (exact) mass is 158 g/mol. The molecular formula is C8H18N2O. The molecule has 0 spiro atoms. The minimum Gasteiger partial charge on any atom is -0.383 e. The predicted molar refractivity (Wildman–Crippen MR) is 45.3 cm³/mol. The van der Waals surface area contributed by atoms with Crippen molar-refractivity contribution in [1.82, 2.24) is 10.0 Å². The van der Waals surface area contributed by atoms with Crippen LogP contribution < -0.4 is 0 Å². The van der Waals surface area contributed by atoms with Crippen molar-refractivity contribution in [3.63, 3.8) is 0 Å². The molecule has 0 aliphatic heterocycles. The lowest BCUT2D eigenvalue weighted by molar-refractivity contribution is -0.00494. The second kappa shape index (κ2) is 4.04. The topological polar surface area (TPSA) is 15.7 Å². The van der Waals surface area contributed by atoms with Crippen LogP contribution in [0.3, 0.4) is 0 Å². The standard InChI is InChI=1S/C8H18N2O/c1-9(2)10(6-7-11-3)8-4-5-8/h8H,4-7H2,1-3H3.